The maximum absolute atomic E-state index is 10.6. The van der Waals surface area contributed by atoms with Crippen molar-refractivity contribution < 1.29 is 15.0 Å². The van der Waals surface area contributed by atoms with Gasteiger partial charge in [0.15, 0.2) is 6.29 Å². The lowest BCUT2D eigenvalue weighted by molar-refractivity contribution is 0.0243. The van der Waals surface area contributed by atoms with Gasteiger partial charge in [-0.05, 0) is 17.0 Å². The first kappa shape index (κ1) is 11.7. The number of hydrogen-bond acceptors (Lipinski definition) is 5. The van der Waals surface area contributed by atoms with Crippen LogP contribution < -0.4 is 0 Å². The smallest absolute Gasteiger partial charge is 0.160 e. The lowest BCUT2D eigenvalue weighted by atomic mass is 10.1. The van der Waals surface area contributed by atoms with Crippen LogP contribution in [0.1, 0.15) is 21.3 Å². The van der Waals surface area contributed by atoms with Crippen molar-refractivity contribution in [3.8, 4) is 0 Å². The van der Waals surface area contributed by atoms with E-state index in [1.165, 1.54) is 11.3 Å². The highest BCUT2D eigenvalue weighted by molar-refractivity contribution is 7.11. The molecule has 0 saturated carbocycles. The number of nitrogens with zero attached hydrogens (tertiary/aromatic N) is 3. The van der Waals surface area contributed by atoms with Crippen LogP contribution in [-0.2, 0) is 0 Å². The first-order valence-corrected chi connectivity index (χ1v) is 4.98. The maximum Gasteiger partial charge on any atom is 0.160 e. The van der Waals surface area contributed by atoms with Gasteiger partial charge in [-0.25, -0.2) is 0 Å². The molecule has 0 radical (unpaired) electrons. The molecule has 1 aromatic rings. The second-order valence-corrected chi connectivity index (χ2v) is 3.73. The van der Waals surface area contributed by atoms with Gasteiger partial charge in [-0.3, -0.25) is 4.79 Å². The Bertz CT molecular complexity index is 386. The standard InChI is InChI=1S/C8H9N3O3S/c9-11-10-3-6(13)8(14)5-1-2-15-7(5)4-12/h1-2,4,6,8,13-14H,3H2. The molecule has 1 aromatic heterocycles. The SMILES string of the molecule is [N-]=[N+]=NCC(O)C(O)c1ccsc1C=O. The van der Waals surface area contributed by atoms with Crippen LogP contribution in [0.4, 0.5) is 0 Å². The number of aliphatic hydroxyl groups excluding tert-OH is 2. The van der Waals surface area contributed by atoms with E-state index in [-0.39, 0.29) is 6.54 Å². The zero-order valence-electron chi connectivity index (χ0n) is 7.65. The Morgan fingerprint density at radius 2 is 2.40 bits per heavy atom. The van der Waals surface area contributed by atoms with E-state index in [0.717, 1.165) is 0 Å². The van der Waals surface area contributed by atoms with E-state index in [4.69, 9.17) is 5.53 Å². The van der Waals surface area contributed by atoms with Gasteiger partial charge in [0.2, 0.25) is 0 Å². The summed E-state index contributed by atoms with van der Waals surface area (Å²) in [5, 5.41) is 23.8. The summed E-state index contributed by atoms with van der Waals surface area (Å²) in [5.41, 5.74) is 8.40. The van der Waals surface area contributed by atoms with Crippen LogP contribution in [0.2, 0.25) is 0 Å². The Morgan fingerprint density at radius 1 is 1.67 bits per heavy atom. The molecule has 0 saturated heterocycles. The van der Waals surface area contributed by atoms with Crippen LogP contribution in [0.15, 0.2) is 16.6 Å². The van der Waals surface area contributed by atoms with Crippen molar-refractivity contribution in [3.63, 3.8) is 0 Å². The van der Waals surface area contributed by atoms with Gasteiger partial charge >= 0.3 is 0 Å². The van der Waals surface area contributed by atoms with Crippen molar-refractivity contribution in [1.82, 2.24) is 0 Å². The van der Waals surface area contributed by atoms with Gasteiger partial charge < -0.3 is 10.2 Å². The molecule has 0 amide bonds. The summed E-state index contributed by atoms with van der Waals surface area (Å²) in [6, 6.07) is 1.55. The van der Waals surface area contributed by atoms with E-state index in [1.807, 2.05) is 0 Å². The predicted octanol–water partition coefficient (Wildman–Crippen LogP) is 1.27. The van der Waals surface area contributed by atoms with Crippen LogP contribution in [0.25, 0.3) is 10.4 Å². The third-order valence-corrected chi connectivity index (χ3v) is 2.71. The number of carbonyl (C=O) groups excluding carboxylic acids is 1. The second kappa shape index (κ2) is 5.47. The summed E-state index contributed by atoms with van der Waals surface area (Å²) in [7, 11) is 0. The Hall–Kier alpha value is -1.40. The van der Waals surface area contributed by atoms with Crippen molar-refractivity contribution in [3.05, 3.63) is 32.3 Å². The Balaban J connectivity index is 2.79. The highest BCUT2D eigenvalue weighted by atomic mass is 32.1. The Labute approximate surface area is 89.4 Å². The minimum atomic E-state index is -1.21. The average Bonchev–Trinajstić information content (AvgIpc) is 2.72. The molecule has 7 heteroatoms. The second-order valence-electron chi connectivity index (χ2n) is 2.78. The number of azide groups is 1. The zero-order chi connectivity index (χ0) is 11.3. The molecule has 0 aromatic carbocycles. The third-order valence-electron chi connectivity index (χ3n) is 1.85. The highest BCUT2D eigenvalue weighted by Crippen LogP contribution is 2.24. The summed E-state index contributed by atoms with van der Waals surface area (Å²) >= 11 is 1.18. The molecule has 0 fully saturated rings. The van der Waals surface area contributed by atoms with Crippen molar-refractivity contribution in [2.75, 3.05) is 6.54 Å². The molecule has 0 spiro atoms. The van der Waals surface area contributed by atoms with Gasteiger partial charge in [-0.2, -0.15) is 0 Å². The minimum Gasteiger partial charge on any atom is -0.390 e. The van der Waals surface area contributed by atoms with E-state index in [2.05, 4.69) is 10.0 Å². The van der Waals surface area contributed by atoms with Gasteiger partial charge in [0.05, 0.1) is 17.5 Å². The molecule has 2 N–H and O–H groups in total. The molecule has 0 aliphatic heterocycles. The zero-order valence-corrected chi connectivity index (χ0v) is 8.46. The molecule has 0 bridgehead atoms. The maximum atomic E-state index is 10.6. The van der Waals surface area contributed by atoms with E-state index in [0.29, 0.717) is 16.7 Å². The summed E-state index contributed by atoms with van der Waals surface area (Å²) in [6.45, 7) is -0.230. The van der Waals surface area contributed by atoms with Crippen molar-refractivity contribution in [2.45, 2.75) is 12.2 Å². The van der Waals surface area contributed by atoms with Crippen LogP contribution in [0.3, 0.4) is 0 Å². The fraction of sp³-hybridized carbons (Fsp3) is 0.375. The Morgan fingerprint density at radius 3 is 3.00 bits per heavy atom. The quantitative estimate of drug-likeness (QED) is 0.342. The molecular formula is C8H9N3O3S. The van der Waals surface area contributed by atoms with Crippen molar-refractivity contribution in [1.29, 1.82) is 0 Å². The summed E-state index contributed by atoms with van der Waals surface area (Å²) in [5.74, 6) is 0. The van der Waals surface area contributed by atoms with Crippen LogP contribution in [0.5, 0.6) is 0 Å². The van der Waals surface area contributed by atoms with Gasteiger partial charge in [-0.1, -0.05) is 5.11 Å². The number of hydrogen-bond donors (Lipinski definition) is 2. The van der Waals surface area contributed by atoms with E-state index < -0.39 is 12.2 Å². The van der Waals surface area contributed by atoms with E-state index >= 15 is 0 Å². The van der Waals surface area contributed by atoms with Crippen LogP contribution in [0, 0.1) is 0 Å². The fourth-order valence-electron chi connectivity index (χ4n) is 1.10. The van der Waals surface area contributed by atoms with Crippen LogP contribution in [-0.4, -0.2) is 29.1 Å². The topological polar surface area (TPSA) is 106 Å². The molecule has 0 aliphatic carbocycles. The van der Waals surface area contributed by atoms with Gasteiger partial charge in [0.1, 0.15) is 6.10 Å². The summed E-state index contributed by atoms with van der Waals surface area (Å²) in [6.07, 6.45) is -1.79. The number of rotatable bonds is 5. The number of aldehydes is 1. The molecule has 80 valence electrons. The first-order valence-electron chi connectivity index (χ1n) is 4.10. The lowest BCUT2D eigenvalue weighted by Crippen LogP contribution is -2.21. The molecule has 1 heterocycles. The fourth-order valence-corrected chi connectivity index (χ4v) is 1.84. The largest absolute Gasteiger partial charge is 0.390 e. The molecule has 1 rings (SSSR count). The van der Waals surface area contributed by atoms with Gasteiger partial charge in [-0.15, -0.1) is 11.3 Å². The molecular weight excluding hydrogens is 218 g/mol. The van der Waals surface area contributed by atoms with Crippen LogP contribution >= 0.6 is 11.3 Å². The lowest BCUT2D eigenvalue weighted by Gasteiger charge is -2.15. The predicted molar refractivity (Wildman–Crippen MR) is 54.7 cm³/mol. The van der Waals surface area contributed by atoms with Crippen molar-refractivity contribution >= 4 is 17.6 Å². The van der Waals surface area contributed by atoms with Gasteiger partial charge in [0, 0.05) is 10.5 Å². The first-order chi connectivity index (χ1) is 7.20. The summed E-state index contributed by atoms with van der Waals surface area (Å²) < 4.78 is 0. The molecule has 2 unspecified atom stereocenters. The number of carbonyl (C=O) groups is 1. The third kappa shape index (κ3) is 2.77. The summed E-state index contributed by atoms with van der Waals surface area (Å²) in [4.78, 5) is 13.4. The average molecular weight is 227 g/mol. The number of aliphatic hydroxyl groups is 2. The molecule has 6 nitrogen and oxygen atoms in total. The van der Waals surface area contributed by atoms with E-state index in [9.17, 15) is 15.0 Å². The molecule has 2 atom stereocenters. The van der Waals surface area contributed by atoms with E-state index in [1.54, 1.807) is 11.4 Å². The Kier molecular flexibility index (Phi) is 4.26. The number of thiophene rings is 1. The molecule has 0 aliphatic rings. The minimum absolute atomic E-state index is 0.230. The normalized spacial score (nSPS) is 14.0. The van der Waals surface area contributed by atoms with Gasteiger partial charge in [0.25, 0.3) is 0 Å². The van der Waals surface area contributed by atoms with Crippen molar-refractivity contribution in [2.24, 2.45) is 5.11 Å². The molecule has 15 heavy (non-hydrogen) atoms. The highest BCUT2D eigenvalue weighted by Gasteiger charge is 2.20. The monoisotopic (exact) mass is 227 g/mol.